The van der Waals surface area contributed by atoms with Gasteiger partial charge in [-0.3, -0.25) is 0 Å². The van der Waals surface area contributed by atoms with Gasteiger partial charge in [-0.15, -0.1) is 0 Å². The molecule has 0 spiro atoms. The van der Waals surface area contributed by atoms with Crippen LogP contribution in [-0.2, 0) is 0 Å². The Kier molecular flexibility index (Phi) is 0.663. The van der Waals surface area contributed by atoms with Crippen LogP contribution < -0.4 is 5.73 Å². The third kappa shape index (κ3) is 0.455. The van der Waals surface area contributed by atoms with Crippen LogP contribution in [0.25, 0.3) is 0 Å². The molecule has 0 bridgehead atoms. The first-order valence-electron chi connectivity index (χ1n) is 3.49. The average molecular weight is 111 g/mol. The highest BCUT2D eigenvalue weighted by atomic mass is 14.8. The number of nitrogens with two attached hydrogens (primary N) is 1. The van der Waals surface area contributed by atoms with Gasteiger partial charge in [-0.1, -0.05) is 6.92 Å². The number of rotatable bonds is 1. The molecule has 2 N–H and O–H groups in total. The minimum atomic E-state index is 0.551. The minimum absolute atomic E-state index is 0.551. The minimum Gasteiger partial charge on any atom is -0.327 e. The van der Waals surface area contributed by atoms with Gasteiger partial charge in [0, 0.05) is 6.04 Å². The van der Waals surface area contributed by atoms with Crippen molar-refractivity contribution in [2.75, 3.05) is 0 Å². The van der Waals surface area contributed by atoms with E-state index in [2.05, 4.69) is 6.92 Å². The molecule has 2 aliphatic carbocycles. The van der Waals surface area contributed by atoms with Gasteiger partial charge in [0.05, 0.1) is 0 Å². The zero-order valence-electron chi connectivity index (χ0n) is 5.35. The summed E-state index contributed by atoms with van der Waals surface area (Å²) in [5, 5.41) is 0. The maximum Gasteiger partial charge on any atom is 0.0102 e. The Bertz CT molecular complexity index is 118. The van der Waals surface area contributed by atoms with Gasteiger partial charge in [-0.2, -0.15) is 0 Å². The van der Waals surface area contributed by atoms with E-state index in [1.807, 2.05) is 0 Å². The van der Waals surface area contributed by atoms with Crippen molar-refractivity contribution in [3.05, 3.63) is 0 Å². The summed E-state index contributed by atoms with van der Waals surface area (Å²) < 4.78 is 0. The van der Waals surface area contributed by atoms with Crippen LogP contribution in [0.3, 0.4) is 0 Å². The van der Waals surface area contributed by atoms with Gasteiger partial charge in [0.2, 0.25) is 0 Å². The summed E-state index contributed by atoms with van der Waals surface area (Å²) in [5.74, 6) is 1.01. The lowest BCUT2D eigenvalue weighted by Gasteiger charge is -2.03. The maximum absolute atomic E-state index is 5.74. The molecule has 1 heteroatoms. The predicted molar refractivity (Wildman–Crippen MR) is 33.4 cm³/mol. The summed E-state index contributed by atoms with van der Waals surface area (Å²) in [6.07, 6.45) is 4.19. The lowest BCUT2D eigenvalue weighted by molar-refractivity contribution is 0.471. The number of hydrogen-bond donors (Lipinski definition) is 1. The van der Waals surface area contributed by atoms with Crippen molar-refractivity contribution in [2.45, 2.75) is 32.2 Å². The van der Waals surface area contributed by atoms with Crippen LogP contribution in [-0.4, -0.2) is 6.04 Å². The van der Waals surface area contributed by atoms with E-state index in [1.54, 1.807) is 0 Å². The monoisotopic (exact) mass is 111 g/mol. The average Bonchev–Trinajstić information content (AvgIpc) is 2.44. The Balaban J connectivity index is 2.04. The molecule has 46 valence electrons. The van der Waals surface area contributed by atoms with Gasteiger partial charge in [-0.05, 0) is 30.6 Å². The summed E-state index contributed by atoms with van der Waals surface area (Å²) in [6.45, 7) is 2.33. The van der Waals surface area contributed by atoms with Crippen molar-refractivity contribution in [3.8, 4) is 0 Å². The molecule has 0 heterocycles. The van der Waals surface area contributed by atoms with E-state index < -0.39 is 0 Å². The van der Waals surface area contributed by atoms with E-state index in [0.29, 0.717) is 11.5 Å². The Morgan fingerprint density at radius 3 is 2.12 bits per heavy atom. The standard InChI is InChI=1S/C7H13N/c1-7(4-6(7)8)5-2-3-5/h5-6H,2-4,8H2,1H3/t6-,7-/m0/s1. The lowest BCUT2D eigenvalue weighted by Crippen LogP contribution is -2.11. The first kappa shape index (κ1) is 4.80. The van der Waals surface area contributed by atoms with Crippen molar-refractivity contribution in [1.82, 2.24) is 0 Å². The molecule has 0 amide bonds. The molecule has 0 aromatic heterocycles. The van der Waals surface area contributed by atoms with Crippen LogP contribution in [0.15, 0.2) is 0 Å². The summed E-state index contributed by atoms with van der Waals surface area (Å²) in [4.78, 5) is 0. The molecule has 2 saturated carbocycles. The molecule has 0 radical (unpaired) electrons. The Hall–Kier alpha value is -0.0400. The fourth-order valence-electron chi connectivity index (χ4n) is 1.63. The van der Waals surface area contributed by atoms with E-state index in [-0.39, 0.29) is 0 Å². The van der Waals surface area contributed by atoms with Crippen molar-refractivity contribution in [2.24, 2.45) is 17.1 Å². The molecule has 2 fully saturated rings. The van der Waals surface area contributed by atoms with Crippen molar-refractivity contribution in [1.29, 1.82) is 0 Å². The molecule has 8 heavy (non-hydrogen) atoms. The quantitative estimate of drug-likeness (QED) is 0.539. The normalized spacial score (nSPS) is 54.0. The molecule has 0 unspecified atom stereocenters. The highest BCUT2D eigenvalue weighted by molar-refractivity contribution is 5.10. The molecule has 2 atom stereocenters. The van der Waals surface area contributed by atoms with E-state index in [4.69, 9.17) is 5.73 Å². The zero-order valence-corrected chi connectivity index (χ0v) is 5.35. The SMILES string of the molecule is C[C@@]1(C2CC2)C[C@@H]1N. The van der Waals surface area contributed by atoms with Gasteiger partial charge < -0.3 is 5.73 Å². The highest BCUT2D eigenvalue weighted by Gasteiger charge is 2.56. The molecule has 0 aromatic carbocycles. The zero-order chi connectivity index (χ0) is 5.78. The first-order chi connectivity index (χ1) is 3.73. The Morgan fingerprint density at radius 2 is 2.00 bits per heavy atom. The van der Waals surface area contributed by atoms with Crippen LogP contribution >= 0.6 is 0 Å². The lowest BCUT2D eigenvalue weighted by atomic mass is 10.0. The smallest absolute Gasteiger partial charge is 0.0102 e. The molecule has 0 aromatic rings. The molecule has 1 nitrogen and oxygen atoms in total. The predicted octanol–water partition coefficient (Wildman–Crippen LogP) is 1.13. The second-order valence-electron chi connectivity index (χ2n) is 3.59. The third-order valence-corrected chi connectivity index (χ3v) is 2.86. The number of hydrogen-bond acceptors (Lipinski definition) is 1. The third-order valence-electron chi connectivity index (χ3n) is 2.86. The van der Waals surface area contributed by atoms with Crippen LogP contribution in [0, 0.1) is 11.3 Å². The van der Waals surface area contributed by atoms with Gasteiger partial charge in [0.25, 0.3) is 0 Å². The van der Waals surface area contributed by atoms with Crippen molar-refractivity contribution < 1.29 is 0 Å². The summed E-state index contributed by atoms with van der Waals surface area (Å²) >= 11 is 0. The summed E-state index contributed by atoms with van der Waals surface area (Å²) in [6, 6.07) is 0.551. The van der Waals surface area contributed by atoms with Crippen LogP contribution in [0.1, 0.15) is 26.2 Å². The fraction of sp³-hybridized carbons (Fsp3) is 1.00. The van der Waals surface area contributed by atoms with Crippen LogP contribution in [0.5, 0.6) is 0 Å². The largest absolute Gasteiger partial charge is 0.327 e. The maximum atomic E-state index is 5.74. The van der Waals surface area contributed by atoms with Crippen molar-refractivity contribution >= 4 is 0 Å². The van der Waals surface area contributed by atoms with Crippen LogP contribution in [0.2, 0.25) is 0 Å². The van der Waals surface area contributed by atoms with E-state index in [1.165, 1.54) is 19.3 Å². The summed E-state index contributed by atoms with van der Waals surface area (Å²) in [7, 11) is 0. The fourth-order valence-corrected chi connectivity index (χ4v) is 1.63. The van der Waals surface area contributed by atoms with Gasteiger partial charge >= 0.3 is 0 Å². The molecular formula is C7H13N. The molecule has 0 saturated heterocycles. The van der Waals surface area contributed by atoms with Gasteiger partial charge in [-0.25, -0.2) is 0 Å². The van der Waals surface area contributed by atoms with Crippen LogP contribution in [0.4, 0.5) is 0 Å². The second-order valence-corrected chi connectivity index (χ2v) is 3.59. The Morgan fingerprint density at radius 1 is 1.50 bits per heavy atom. The highest BCUT2D eigenvalue weighted by Crippen LogP contribution is 2.59. The Labute approximate surface area is 50.3 Å². The van der Waals surface area contributed by atoms with Gasteiger partial charge in [0.15, 0.2) is 0 Å². The van der Waals surface area contributed by atoms with E-state index in [9.17, 15) is 0 Å². The topological polar surface area (TPSA) is 26.0 Å². The molecule has 2 rings (SSSR count). The summed E-state index contributed by atoms with van der Waals surface area (Å²) in [5.41, 5.74) is 6.34. The molecular weight excluding hydrogens is 98.1 g/mol. The first-order valence-corrected chi connectivity index (χ1v) is 3.49. The van der Waals surface area contributed by atoms with Crippen molar-refractivity contribution in [3.63, 3.8) is 0 Å². The van der Waals surface area contributed by atoms with Gasteiger partial charge in [0.1, 0.15) is 0 Å². The molecule has 0 aliphatic heterocycles. The van der Waals surface area contributed by atoms with E-state index in [0.717, 1.165) is 5.92 Å². The second kappa shape index (κ2) is 1.10. The molecule has 2 aliphatic rings. The van der Waals surface area contributed by atoms with E-state index >= 15 is 0 Å².